The number of rotatable bonds is 2. The van der Waals surface area contributed by atoms with Crippen LogP contribution < -0.4 is 5.73 Å². The zero-order chi connectivity index (χ0) is 10.8. The van der Waals surface area contributed by atoms with Gasteiger partial charge in [-0.05, 0) is 36.4 Å². The molecule has 0 fully saturated rings. The standard InChI is InChI=1S/C12H14N2S/c1-8-6-9(2)12(14-7-8)11(13)10-4-3-5-15-10/h3-7,11H,13H2,1-2H3. The first-order valence-corrected chi connectivity index (χ1v) is 5.78. The van der Waals surface area contributed by atoms with E-state index in [2.05, 4.69) is 24.0 Å². The molecule has 0 aromatic carbocycles. The van der Waals surface area contributed by atoms with Crippen LogP contribution in [0.4, 0.5) is 0 Å². The molecule has 0 saturated carbocycles. The number of hydrogen-bond acceptors (Lipinski definition) is 3. The lowest BCUT2D eigenvalue weighted by Crippen LogP contribution is -2.13. The number of nitrogens with two attached hydrogens (primary N) is 1. The molecule has 78 valence electrons. The highest BCUT2D eigenvalue weighted by Crippen LogP contribution is 2.24. The van der Waals surface area contributed by atoms with Crippen molar-refractivity contribution in [3.05, 3.63) is 51.5 Å². The SMILES string of the molecule is Cc1cnc(C(N)c2cccs2)c(C)c1. The lowest BCUT2D eigenvalue weighted by Gasteiger charge is -2.12. The molecule has 1 atom stereocenters. The van der Waals surface area contributed by atoms with Crippen LogP contribution >= 0.6 is 11.3 Å². The van der Waals surface area contributed by atoms with Crippen molar-refractivity contribution in [1.82, 2.24) is 4.98 Å². The van der Waals surface area contributed by atoms with Crippen molar-refractivity contribution < 1.29 is 0 Å². The van der Waals surface area contributed by atoms with Gasteiger partial charge in [0.1, 0.15) is 0 Å². The monoisotopic (exact) mass is 218 g/mol. The van der Waals surface area contributed by atoms with E-state index in [1.54, 1.807) is 11.3 Å². The van der Waals surface area contributed by atoms with Crippen molar-refractivity contribution in [2.45, 2.75) is 19.9 Å². The van der Waals surface area contributed by atoms with Crippen molar-refractivity contribution in [2.24, 2.45) is 5.73 Å². The summed E-state index contributed by atoms with van der Waals surface area (Å²) in [7, 11) is 0. The first-order chi connectivity index (χ1) is 7.18. The molecule has 2 nitrogen and oxygen atoms in total. The van der Waals surface area contributed by atoms with Gasteiger partial charge in [0, 0.05) is 11.1 Å². The Balaban J connectivity index is 2.38. The molecule has 3 heteroatoms. The van der Waals surface area contributed by atoms with Gasteiger partial charge in [-0.1, -0.05) is 12.1 Å². The third kappa shape index (κ3) is 2.08. The average Bonchev–Trinajstić information content (AvgIpc) is 2.69. The largest absolute Gasteiger partial charge is 0.318 e. The van der Waals surface area contributed by atoms with Crippen LogP contribution in [0.15, 0.2) is 29.8 Å². The van der Waals surface area contributed by atoms with Gasteiger partial charge in [-0.25, -0.2) is 0 Å². The molecule has 2 aromatic rings. The second kappa shape index (κ2) is 4.13. The molecule has 0 aliphatic carbocycles. The Morgan fingerprint density at radius 3 is 2.80 bits per heavy atom. The highest BCUT2D eigenvalue weighted by atomic mass is 32.1. The van der Waals surface area contributed by atoms with Gasteiger partial charge in [-0.3, -0.25) is 4.98 Å². The van der Waals surface area contributed by atoms with Crippen molar-refractivity contribution in [2.75, 3.05) is 0 Å². The Morgan fingerprint density at radius 2 is 2.20 bits per heavy atom. The summed E-state index contributed by atoms with van der Waals surface area (Å²) in [5.41, 5.74) is 9.47. The Kier molecular flexibility index (Phi) is 2.84. The number of pyridine rings is 1. The van der Waals surface area contributed by atoms with Crippen LogP contribution in [0.3, 0.4) is 0 Å². The summed E-state index contributed by atoms with van der Waals surface area (Å²) >= 11 is 1.67. The maximum atomic E-state index is 6.16. The van der Waals surface area contributed by atoms with E-state index < -0.39 is 0 Å². The van der Waals surface area contributed by atoms with Gasteiger partial charge < -0.3 is 5.73 Å². The topological polar surface area (TPSA) is 38.9 Å². The zero-order valence-corrected chi connectivity index (χ0v) is 9.71. The number of hydrogen-bond donors (Lipinski definition) is 1. The van der Waals surface area contributed by atoms with Crippen LogP contribution in [0.5, 0.6) is 0 Å². The summed E-state index contributed by atoms with van der Waals surface area (Å²) in [6, 6.07) is 6.10. The van der Waals surface area contributed by atoms with Crippen molar-refractivity contribution >= 4 is 11.3 Å². The van der Waals surface area contributed by atoms with E-state index in [-0.39, 0.29) is 6.04 Å². The number of aromatic nitrogens is 1. The van der Waals surface area contributed by atoms with E-state index in [9.17, 15) is 0 Å². The van der Waals surface area contributed by atoms with Gasteiger partial charge in [0.2, 0.25) is 0 Å². The smallest absolute Gasteiger partial charge is 0.0822 e. The van der Waals surface area contributed by atoms with Gasteiger partial charge in [0.25, 0.3) is 0 Å². The molecule has 0 bridgehead atoms. The molecule has 15 heavy (non-hydrogen) atoms. The minimum atomic E-state index is -0.0920. The van der Waals surface area contributed by atoms with Gasteiger partial charge in [-0.2, -0.15) is 0 Å². The van der Waals surface area contributed by atoms with Crippen LogP contribution in [0, 0.1) is 13.8 Å². The summed E-state index contributed by atoms with van der Waals surface area (Å²) in [6.45, 7) is 4.10. The van der Waals surface area contributed by atoms with Gasteiger partial charge >= 0.3 is 0 Å². The van der Waals surface area contributed by atoms with Gasteiger partial charge in [-0.15, -0.1) is 11.3 Å². The average molecular weight is 218 g/mol. The van der Waals surface area contributed by atoms with Crippen molar-refractivity contribution in [3.63, 3.8) is 0 Å². The molecule has 0 aliphatic rings. The van der Waals surface area contributed by atoms with E-state index in [0.717, 1.165) is 16.1 Å². The quantitative estimate of drug-likeness (QED) is 0.841. The molecule has 1 unspecified atom stereocenters. The minimum absolute atomic E-state index is 0.0920. The number of thiophene rings is 1. The normalized spacial score (nSPS) is 12.7. The van der Waals surface area contributed by atoms with E-state index in [1.807, 2.05) is 24.6 Å². The molecule has 0 amide bonds. The Labute approximate surface area is 93.8 Å². The molecular weight excluding hydrogens is 204 g/mol. The van der Waals surface area contributed by atoms with Crippen molar-refractivity contribution in [3.8, 4) is 0 Å². The Bertz CT molecular complexity index is 449. The fraction of sp³-hybridized carbons (Fsp3) is 0.250. The minimum Gasteiger partial charge on any atom is -0.318 e. The van der Waals surface area contributed by atoms with Crippen LogP contribution in [-0.4, -0.2) is 4.98 Å². The van der Waals surface area contributed by atoms with Crippen molar-refractivity contribution in [1.29, 1.82) is 0 Å². The molecular formula is C12H14N2S. The van der Waals surface area contributed by atoms with E-state index in [4.69, 9.17) is 5.73 Å². The fourth-order valence-electron chi connectivity index (χ4n) is 1.65. The Hall–Kier alpha value is -1.19. The van der Waals surface area contributed by atoms with E-state index >= 15 is 0 Å². The van der Waals surface area contributed by atoms with Crippen LogP contribution in [0.1, 0.15) is 27.7 Å². The van der Waals surface area contributed by atoms with E-state index in [1.165, 1.54) is 5.56 Å². The molecule has 0 radical (unpaired) electrons. The van der Waals surface area contributed by atoms with Crippen LogP contribution in [-0.2, 0) is 0 Å². The molecule has 2 N–H and O–H groups in total. The van der Waals surface area contributed by atoms with Gasteiger partial charge in [0.05, 0.1) is 11.7 Å². The predicted molar refractivity (Wildman–Crippen MR) is 64.1 cm³/mol. The van der Waals surface area contributed by atoms with Crippen LogP contribution in [0.25, 0.3) is 0 Å². The Morgan fingerprint density at radius 1 is 1.40 bits per heavy atom. The molecule has 2 rings (SSSR count). The number of nitrogens with zero attached hydrogens (tertiary/aromatic N) is 1. The summed E-state index contributed by atoms with van der Waals surface area (Å²) < 4.78 is 0. The first kappa shape index (κ1) is 10.3. The molecule has 0 spiro atoms. The second-order valence-corrected chi connectivity index (χ2v) is 4.69. The predicted octanol–water partition coefficient (Wildman–Crippen LogP) is 2.81. The third-order valence-corrected chi connectivity index (χ3v) is 3.36. The fourth-order valence-corrected chi connectivity index (χ4v) is 2.38. The summed E-state index contributed by atoms with van der Waals surface area (Å²) in [6.07, 6.45) is 1.87. The second-order valence-electron chi connectivity index (χ2n) is 3.71. The molecule has 2 heterocycles. The summed E-state index contributed by atoms with van der Waals surface area (Å²) in [4.78, 5) is 5.58. The lowest BCUT2D eigenvalue weighted by molar-refractivity contribution is 0.832. The third-order valence-electron chi connectivity index (χ3n) is 2.40. The highest BCUT2D eigenvalue weighted by Gasteiger charge is 2.13. The van der Waals surface area contributed by atoms with Gasteiger partial charge in [0.15, 0.2) is 0 Å². The molecule has 0 saturated heterocycles. The maximum Gasteiger partial charge on any atom is 0.0822 e. The zero-order valence-electron chi connectivity index (χ0n) is 8.90. The maximum absolute atomic E-state index is 6.16. The lowest BCUT2D eigenvalue weighted by atomic mass is 10.1. The van der Waals surface area contributed by atoms with E-state index in [0.29, 0.717) is 0 Å². The highest BCUT2D eigenvalue weighted by molar-refractivity contribution is 7.10. The molecule has 0 aliphatic heterocycles. The molecule has 2 aromatic heterocycles. The first-order valence-electron chi connectivity index (χ1n) is 4.90. The number of aryl methyl sites for hydroxylation is 2. The van der Waals surface area contributed by atoms with Crippen LogP contribution in [0.2, 0.25) is 0 Å². The summed E-state index contributed by atoms with van der Waals surface area (Å²) in [5, 5.41) is 2.04. The summed E-state index contributed by atoms with van der Waals surface area (Å²) in [5.74, 6) is 0.